The first kappa shape index (κ1) is 26.0. The van der Waals surface area contributed by atoms with E-state index in [4.69, 9.17) is 13.8 Å². The second-order valence-corrected chi connectivity index (χ2v) is 10.2. The van der Waals surface area contributed by atoms with Gasteiger partial charge >= 0.3 is 13.6 Å². The van der Waals surface area contributed by atoms with Crippen LogP contribution in [-0.4, -0.2) is 30.5 Å². The van der Waals surface area contributed by atoms with Crippen LogP contribution in [0.1, 0.15) is 5.56 Å². The maximum atomic E-state index is 13.7. The molecule has 0 heterocycles. The zero-order valence-corrected chi connectivity index (χ0v) is 21.2. The third-order valence-electron chi connectivity index (χ3n) is 5.60. The number of hydrogen-bond acceptors (Lipinski definition) is 6. The van der Waals surface area contributed by atoms with E-state index >= 15 is 0 Å². The van der Waals surface area contributed by atoms with E-state index in [9.17, 15) is 14.5 Å². The van der Waals surface area contributed by atoms with Gasteiger partial charge in [-0.25, -0.2) is 4.57 Å². The van der Waals surface area contributed by atoms with Crippen molar-refractivity contribution in [3.8, 4) is 28.4 Å². The van der Waals surface area contributed by atoms with E-state index in [1.807, 2.05) is 60.7 Å². The van der Waals surface area contributed by atoms with Gasteiger partial charge in [0.25, 0.3) is 0 Å². The van der Waals surface area contributed by atoms with Gasteiger partial charge in [-0.2, -0.15) is 0 Å². The van der Waals surface area contributed by atoms with Crippen molar-refractivity contribution in [2.24, 2.45) is 0 Å². The Morgan fingerprint density at radius 1 is 0.784 bits per heavy atom. The lowest BCUT2D eigenvalue weighted by Crippen LogP contribution is -2.39. The van der Waals surface area contributed by atoms with Crippen molar-refractivity contribution in [2.45, 2.75) is 12.5 Å². The number of ether oxygens (including phenoxy) is 1. The Labute approximate surface area is 216 Å². The molecule has 0 aliphatic heterocycles. The van der Waals surface area contributed by atoms with Crippen LogP contribution in [0.3, 0.4) is 0 Å². The standard InChI is InChI=1S/C29H28NO6P/c1-34-27-14-8-9-24(20-27)23-17-15-22(16-18-23)19-28(29(31)32)30-21-37(33,35-25-10-4-2-5-11-25)36-26-12-6-3-7-13-26/h2-18,20,28,30H,19,21H2,1H3,(H,31,32)/t28-/m0/s1. The molecule has 1 atom stereocenters. The molecule has 2 N–H and O–H groups in total. The molecule has 4 aromatic carbocycles. The van der Waals surface area contributed by atoms with E-state index in [0.717, 1.165) is 22.4 Å². The van der Waals surface area contributed by atoms with Gasteiger partial charge in [0.15, 0.2) is 0 Å². The molecule has 8 heteroatoms. The van der Waals surface area contributed by atoms with Crippen LogP contribution < -0.4 is 19.1 Å². The van der Waals surface area contributed by atoms with Gasteiger partial charge in [0.1, 0.15) is 29.6 Å². The summed E-state index contributed by atoms with van der Waals surface area (Å²) in [5.74, 6) is 0.423. The number of para-hydroxylation sites is 2. The van der Waals surface area contributed by atoms with Gasteiger partial charge in [-0.05, 0) is 59.5 Å². The summed E-state index contributed by atoms with van der Waals surface area (Å²) in [4.78, 5) is 12.0. The Hall–Kier alpha value is -4.06. The van der Waals surface area contributed by atoms with Gasteiger partial charge in [0.05, 0.1) is 7.11 Å². The Balaban J connectivity index is 1.47. The van der Waals surface area contributed by atoms with E-state index in [-0.39, 0.29) is 12.7 Å². The maximum Gasteiger partial charge on any atom is 0.444 e. The average Bonchev–Trinajstić information content (AvgIpc) is 2.92. The van der Waals surface area contributed by atoms with Crippen LogP contribution in [0, 0.1) is 0 Å². The van der Waals surface area contributed by atoms with E-state index in [0.29, 0.717) is 11.5 Å². The number of hydrogen-bond donors (Lipinski definition) is 2. The Morgan fingerprint density at radius 2 is 1.35 bits per heavy atom. The Bertz CT molecular complexity index is 1300. The van der Waals surface area contributed by atoms with Gasteiger partial charge in [0.2, 0.25) is 0 Å². The highest BCUT2D eigenvalue weighted by molar-refractivity contribution is 7.54. The van der Waals surface area contributed by atoms with Crippen molar-refractivity contribution >= 4 is 13.6 Å². The summed E-state index contributed by atoms with van der Waals surface area (Å²) in [5.41, 5.74) is 2.80. The molecule has 37 heavy (non-hydrogen) atoms. The van der Waals surface area contributed by atoms with Crippen LogP contribution in [0.5, 0.6) is 17.2 Å². The van der Waals surface area contributed by atoms with E-state index in [1.165, 1.54) is 0 Å². The second kappa shape index (κ2) is 12.3. The molecular weight excluding hydrogens is 489 g/mol. The third kappa shape index (κ3) is 7.46. The SMILES string of the molecule is COc1cccc(-c2ccc(C[C@H](NCP(=O)(Oc3ccccc3)Oc3ccccc3)C(=O)O)cc2)c1. The summed E-state index contributed by atoms with van der Waals surface area (Å²) in [6.45, 7) is 0. The first-order valence-corrected chi connectivity index (χ1v) is 13.4. The zero-order chi connectivity index (χ0) is 26.1. The molecule has 7 nitrogen and oxygen atoms in total. The van der Waals surface area contributed by atoms with Crippen molar-refractivity contribution in [2.75, 3.05) is 13.4 Å². The van der Waals surface area contributed by atoms with E-state index in [2.05, 4.69) is 5.32 Å². The minimum atomic E-state index is -3.80. The number of benzene rings is 4. The molecule has 4 rings (SSSR count). The van der Waals surface area contributed by atoms with Gasteiger partial charge in [-0.1, -0.05) is 72.8 Å². The number of carbonyl (C=O) groups is 1. The van der Waals surface area contributed by atoms with Crippen molar-refractivity contribution in [3.63, 3.8) is 0 Å². The maximum absolute atomic E-state index is 13.7. The topological polar surface area (TPSA) is 94.1 Å². The summed E-state index contributed by atoms with van der Waals surface area (Å²) >= 11 is 0. The minimum Gasteiger partial charge on any atom is -0.497 e. The fourth-order valence-corrected chi connectivity index (χ4v) is 5.20. The van der Waals surface area contributed by atoms with Crippen LogP contribution in [0.15, 0.2) is 109 Å². The fourth-order valence-electron chi connectivity index (χ4n) is 3.71. The molecule has 190 valence electrons. The average molecular weight is 518 g/mol. The number of nitrogens with one attached hydrogen (secondary N) is 1. The van der Waals surface area contributed by atoms with Crippen LogP contribution >= 0.6 is 7.60 Å². The van der Waals surface area contributed by atoms with Crippen LogP contribution in [-0.2, 0) is 15.8 Å². The summed E-state index contributed by atoms with van der Waals surface area (Å²) in [7, 11) is -2.18. The number of rotatable bonds is 12. The number of aliphatic carboxylic acids is 1. The molecule has 0 saturated heterocycles. The molecule has 0 aliphatic rings. The van der Waals surface area contributed by atoms with Crippen LogP contribution in [0.2, 0.25) is 0 Å². The summed E-state index contributed by atoms with van der Waals surface area (Å²) < 4.78 is 30.4. The summed E-state index contributed by atoms with van der Waals surface area (Å²) in [5, 5.41) is 12.7. The molecule has 0 unspecified atom stereocenters. The highest BCUT2D eigenvalue weighted by atomic mass is 31.2. The molecule has 0 amide bonds. The lowest BCUT2D eigenvalue weighted by molar-refractivity contribution is -0.139. The highest BCUT2D eigenvalue weighted by Crippen LogP contribution is 2.47. The minimum absolute atomic E-state index is 0.185. The molecule has 0 bridgehead atoms. The molecule has 0 spiro atoms. The quantitative estimate of drug-likeness (QED) is 0.214. The van der Waals surface area contributed by atoms with Crippen molar-refractivity contribution in [1.29, 1.82) is 0 Å². The second-order valence-electron chi connectivity index (χ2n) is 8.31. The number of methoxy groups -OCH3 is 1. The number of carboxylic acids is 1. The van der Waals surface area contributed by atoms with Crippen molar-refractivity contribution in [1.82, 2.24) is 5.32 Å². The highest BCUT2D eigenvalue weighted by Gasteiger charge is 2.31. The number of carboxylic acid groups (broad SMARTS) is 1. The van der Waals surface area contributed by atoms with E-state index < -0.39 is 19.6 Å². The predicted molar refractivity (Wildman–Crippen MR) is 143 cm³/mol. The van der Waals surface area contributed by atoms with Gasteiger partial charge < -0.3 is 18.9 Å². The first-order chi connectivity index (χ1) is 17.9. The van der Waals surface area contributed by atoms with Gasteiger partial charge in [-0.3, -0.25) is 10.1 Å². The normalized spacial score (nSPS) is 11.9. The molecule has 0 saturated carbocycles. The van der Waals surface area contributed by atoms with Gasteiger partial charge in [0, 0.05) is 0 Å². The summed E-state index contributed by atoms with van der Waals surface area (Å²) in [6, 6.07) is 31.7. The largest absolute Gasteiger partial charge is 0.497 e. The van der Waals surface area contributed by atoms with Crippen LogP contribution in [0.4, 0.5) is 0 Å². The molecule has 4 aromatic rings. The molecule has 0 fully saturated rings. The lowest BCUT2D eigenvalue weighted by atomic mass is 10.0. The Morgan fingerprint density at radius 3 is 1.89 bits per heavy atom. The smallest absolute Gasteiger partial charge is 0.444 e. The lowest BCUT2D eigenvalue weighted by Gasteiger charge is -2.22. The monoisotopic (exact) mass is 517 g/mol. The first-order valence-electron chi connectivity index (χ1n) is 11.7. The third-order valence-corrected chi connectivity index (χ3v) is 7.15. The molecule has 0 radical (unpaired) electrons. The molecule has 0 aliphatic carbocycles. The summed E-state index contributed by atoms with van der Waals surface area (Å²) in [6.07, 6.45) is -0.111. The predicted octanol–water partition coefficient (Wildman–Crippen LogP) is 6.26. The van der Waals surface area contributed by atoms with Crippen molar-refractivity contribution in [3.05, 3.63) is 115 Å². The Kier molecular flexibility index (Phi) is 8.62. The van der Waals surface area contributed by atoms with Crippen LogP contribution in [0.25, 0.3) is 11.1 Å². The van der Waals surface area contributed by atoms with Gasteiger partial charge in [-0.15, -0.1) is 0 Å². The van der Waals surface area contributed by atoms with Crippen molar-refractivity contribution < 1.29 is 28.3 Å². The molecule has 0 aromatic heterocycles. The zero-order valence-electron chi connectivity index (χ0n) is 20.3. The van der Waals surface area contributed by atoms with E-state index in [1.54, 1.807) is 55.6 Å². The molecular formula is C29H28NO6P. The fraction of sp³-hybridized carbons (Fsp3) is 0.138.